The summed E-state index contributed by atoms with van der Waals surface area (Å²) in [5, 5.41) is 2.88. The standard InChI is InChI=1S/C22H29N3O3/c1-4-5-6-7-11-14-22(3)20(26)25(21(27)24-22)15-18-16(2)28-19(23-18)17-12-9-8-10-13-17/h8-10,12-13H,4-7,11,14-15H2,1-3H3,(H,24,27). The molecule has 1 N–H and O–H groups in total. The average molecular weight is 383 g/mol. The van der Waals surface area contributed by atoms with Crippen LogP contribution in [0.1, 0.15) is 63.8 Å². The molecular formula is C22H29N3O3. The molecule has 6 nitrogen and oxygen atoms in total. The fourth-order valence-electron chi connectivity index (χ4n) is 3.57. The van der Waals surface area contributed by atoms with E-state index in [9.17, 15) is 9.59 Å². The molecule has 1 fully saturated rings. The average Bonchev–Trinajstić information content (AvgIpc) is 3.15. The van der Waals surface area contributed by atoms with E-state index in [4.69, 9.17) is 4.42 Å². The Morgan fingerprint density at radius 1 is 1.11 bits per heavy atom. The minimum absolute atomic E-state index is 0.123. The molecular weight excluding hydrogens is 354 g/mol. The number of carbonyl (C=O) groups is 2. The smallest absolute Gasteiger partial charge is 0.325 e. The van der Waals surface area contributed by atoms with Crippen molar-refractivity contribution >= 4 is 11.9 Å². The first kappa shape index (κ1) is 20.1. The van der Waals surface area contributed by atoms with Crippen LogP contribution in [0.15, 0.2) is 34.7 Å². The second-order valence-electron chi connectivity index (χ2n) is 7.71. The van der Waals surface area contributed by atoms with E-state index in [0.29, 0.717) is 23.8 Å². The normalized spacial score (nSPS) is 19.3. The maximum Gasteiger partial charge on any atom is 0.325 e. The van der Waals surface area contributed by atoms with Crippen LogP contribution < -0.4 is 5.32 Å². The van der Waals surface area contributed by atoms with Crippen LogP contribution in [-0.2, 0) is 11.3 Å². The van der Waals surface area contributed by atoms with Gasteiger partial charge in [0.1, 0.15) is 17.0 Å². The second-order valence-corrected chi connectivity index (χ2v) is 7.71. The Labute approximate surface area is 166 Å². The van der Waals surface area contributed by atoms with Crippen LogP contribution >= 0.6 is 0 Å². The number of benzene rings is 1. The fraction of sp³-hybridized carbons (Fsp3) is 0.500. The molecule has 1 unspecified atom stereocenters. The Bertz CT molecular complexity index is 831. The van der Waals surface area contributed by atoms with Crippen molar-refractivity contribution < 1.29 is 14.0 Å². The largest absolute Gasteiger partial charge is 0.441 e. The lowest BCUT2D eigenvalue weighted by molar-refractivity contribution is -0.131. The molecule has 1 atom stereocenters. The lowest BCUT2D eigenvalue weighted by atomic mass is 9.94. The number of nitrogens with one attached hydrogen (secondary N) is 1. The highest BCUT2D eigenvalue weighted by Crippen LogP contribution is 2.27. The molecule has 2 heterocycles. The third-order valence-electron chi connectivity index (χ3n) is 5.35. The van der Waals surface area contributed by atoms with E-state index in [0.717, 1.165) is 18.4 Å². The van der Waals surface area contributed by atoms with Gasteiger partial charge in [-0.05, 0) is 32.4 Å². The lowest BCUT2D eigenvalue weighted by Crippen LogP contribution is -2.43. The predicted molar refractivity (Wildman–Crippen MR) is 108 cm³/mol. The number of oxazole rings is 1. The van der Waals surface area contributed by atoms with Crippen LogP contribution in [0.2, 0.25) is 0 Å². The van der Waals surface area contributed by atoms with Crippen molar-refractivity contribution in [3.63, 3.8) is 0 Å². The number of imide groups is 1. The second kappa shape index (κ2) is 8.59. The summed E-state index contributed by atoms with van der Waals surface area (Å²) < 4.78 is 5.76. The van der Waals surface area contributed by atoms with Crippen LogP contribution in [0.25, 0.3) is 11.5 Å². The SMILES string of the molecule is CCCCCCCC1(C)NC(=O)N(Cc2nc(-c3ccccc3)oc2C)C1=O. The van der Waals surface area contributed by atoms with Gasteiger partial charge in [0, 0.05) is 5.56 Å². The first-order valence-corrected chi connectivity index (χ1v) is 10.1. The van der Waals surface area contributed by atoms with E-state index < -0.39 is 5.54 Å². The molecule has 0 radical (unpaired) electrons. The van der Waals surface area contributed by atoms with Gasteiger partial charge in [0.2, 0.25) is 5.89 Å². The fourth-order valence-corrected chi connectivity index (χ4v) is 3.57. The van der Waals surface area contributed by atoms with E-state index in [2.05, 4.69) is 17.2 Å². The van der Waals surface area contributed by atoms with E-state index >= 15 is 0 Å². The third kappa shape index (κ3) is 4.26. The summed E-state index contributed by atoms with van der Waals surface area (Å²) in [4.78, 5) is 31.2. The summed E-state index contributed by atoms with van der Waals surface area (Å²) in [5.74, 6) is 0.933. The van der Waals surface area contributed by atoms with Gasteiger partial charge in [-0.15, -0.1) is 0 Å². The summed E-state index contributed by atoms with van der Waals surface area (Å²) in [5.41, 5.74) is 0.643. The van der Waals surface area contributed by atoms with Crippen molar-refractivity contribution in [1.29, 1.82) is 0 Å². The van der Waals surface area contributed by atoms with Crippen molar-refractivity contribution in [1.82, 2.24) is 15.2 Å². The molecule has 2 aromatic rings. The number of aromatic nitrogens is 1. The summed E-state index contributed by atoms with van der Waals surface area (Å²) in [6, 6.07) is 9.23. The van der Waals surface area contributed by atoms with Gasteiger partial charge < -0.3 is 9.73 Å². The molecule has 1 aliphatic heterocycles. The van der Waals surface area contributed by atoms with Crippen LogP contribution in [0.5, 0.6) is 0 Å². The number of unbranched alkanes of at least 4 members (excludes halogenated alkanes) is 4. The van der Waals surface area contributed by atoms with E-state index in [1.807, 2.05) is 37.3 Å². The Morgan fingerprint density at radius 3 is 2.54 bits per heavy atom. The number of hydrogen-bond donors (Lipinski definition) is 1. The van der Waals surface area contributed by atoms with Crippen molar-refractivity contribution in [2.45, 2.75) is 71.4 Å². The number of carbonyl (C=O) groups excluding carboxylic acids is 2. The van der Waals surface area contributed by atoms with Crippen LogP contribution in [-0.4, -0.2) is 27.4 Å². The monoisotopic (exact) mass is 383 g/mol. The Balaban J connectivity index is 1.67. The molecule has 3 amide bonds. The first-order chi connectivity index (χ1) is 13.4. The minimum Gasteiger partial charge on any atom is -0.441 e. The maximum atomic E-state index is 12.9. The number of amides is 3. The molecule has 0 saturated carbocycles. The zero-order valence-corrected chi connectivity index (χ0v) is 17.0. The number of aryl methyl sites for hydroxylation is 1. The van der Waals surface area contributed by atoms with E-state index in [-0.39, 0.29) is 18.5 Å². The molecule has 3 rings (SSSR count). The summed E-state index contributed by atoms with van der Waals surface area (Å²) >= 11 is 0. The van der Waals surface area contributed by atoms with Crippen molar-refractivity contribution in [2.75, 3.05) is 0 Å². The molecule has 0 aliphatic carbocycles. The van der Waals surface area contributed by atoms with Gasteiger partial charge in [-0.2, -0.15) is 0 Å². The summed E-state index contributed by atoms with van der Waals surface area (Å²) in [6.45, 7) is 5.92. The van der Waals surface area contributed by atoms with Gasteiger partial charge in [0.05, 0.1) is 6.54 Å². The third-order valence-corrected chi connectivity index (χ3v) is 5.35. The highest BCUT2D eigenvalue weighted by Gasteiger charge is 2.47. The van der Waals surface area contributed by atoms with E-state index in [1.165, 1.54) is 24.2 Å². The van der Waals surface area contributed by atoms with Gasteiger partial charge in [-0.1, -0.05) is 57.2 Å². The van der Waals surface area contributed by atoms with Crippen LogP contribution in [0.3, 0.4) is 0 Å². The van der Waals surface area contributed by atoms with Crippen molar-refractivity contribution in [2.24, 2.45) is 0 Å². The number of urea groups is 1. The molecule has 6 heteroatoms. The Morgan fingerprint density at radius 2 is 1.82 bits per heavy atom. The van der Waals surface area contributed by atoms with Gasteiger partial charge in [0.25, 0.3) is 5.91 Å². The first-order valence-electron chi connectivity index (χ1n) is 10.1. The highest BCUT2D eigenvalue weighted by molar-refractivity contribution is 6.06. The van der Waals surface area contributed by atoms with Crippen molar-refractivity contribution in [3.8, 4) is 11.5 Å². The quantitative estimate of drug-likeness (QED) is 0.497. The topological polar surface area (TPSA) is 75.4 Å². The van der Waals surface area contributed by atoms with Gasteiger partial charge in [0.15, 0.2) is 0 Å². The van der Waals surface area contributed by atoms with Crippen molar-refractivity contribution in [3.05, 3.63) is 41.8 Å². The molecule has 0 bridgehead atoms. The van der Waals surface area contributed by atoms with Crippen LogP contribution in [0, 0.1) is 6.92 Å². The zero-order valence-electron chi connectivity index (χ0n) is 17.0. The minimum atomic E-state index is -0.830. The predicted octanol–water partition coefficient (Wildman–Crippen LogP) is 4.82. The highest BCUT2D eigenvalue weighted by atomic mass is 16.4. The van der Waals surface area contributed by atoms with Gasteiger partial charge >= 0.3 is 6.03 Å². The van der Waals surface area contributed by atoms with E-state index in [1.54, 1.807) is 6.92 Å². The molecule has 0 spiro atoms. The molecule has 1 aromatic carbocycles. The molecule has 1 aliphatic rings. The Kier molecular flexibility index (Phi) is 6.17. The van der Waals surface area contributed by atoms with Gasteiger partial charge in [-0.3, -0.25) is 9.69 Å². The maximum absolute atomic E-state index is 12.9. The zero-order chi connectivity index (χ0) is 20.1. The lowest BCUT2D eigenvalue weighted by Gasteiger charge is -2.21. The summed E-state index contributed by atoms with van der Waals surface area (Å²) in [6.07, 6.45) is 6.22. The Hall–Kier alpha value is -2.63. The molecule has 1 saturated heterocycles. The molecule has 1 aromatic heterocycles. The van der Waals surface area contributed by atoms with Gasteiger partial charge in [-0.25, -0.2) is 9.78 Å². The molecule has 28 heavy (non-hydrogen) atoms. The number of nitrogens with zero attached hydrogens (tertiary/aromatic N) is 2. The number of hydrogen-bond acceptors (Lipinski definition) is 4. The summed E-state index contributed by atoms with van der Waals surface area (Å²) in [7, 11) is 0. The van der Waals surface area contributed by atoms with Crippen LogP contribution in [0.4, 0.5) is 4.79 Å². The number of rotatable bonds is 9. The molecule has 150 valence electrons.